The zero-order chi connectivity index (χ0) is 15.2. The average Bonchev–Trinajstić information content (AvgIpc) is 2.80. The van der Waals surface area contributed by atoms with Crippen LogP contribution in [-0.2, 0) is 22.6 Å². The third kappa shape index (κ3) is 4.71. The Morgan fingerprint density at radius 1 is 1.52 bits per heavy atom. The first-order valence-corrected chi connectivity index (χ1v) is 6.83. The maximum Gasteiger partial charge on any atom is 0.325 e. The summed E-state index contributed by atoms with van der Waals surface area (Å²) < 4.78 is 6.62. The topological polar surface area (TPSA) is 118 Å². The highest BCUT2D eigenvalue weighted by molar-refractivity contribution is 5.74. The molecule has 1 aromatic heterocycles. The van der Waals surface area contributed by atoms with E-state index in [1.807, 2.05) is 6.92 Å². The summed E-state index contributed by atoms with van der Waals surface area (Å²) in [5, 5.41) is 21.5. The average molecular weight is 297 g/mol. The standard InChI is InChI=1S/C12H19N5O4/c1-2-21-10-3-8(4-10)14-12(20)13-5-9-6-17(16-15-9)7-11(18)19/h6,8,10H,2-5,7H2,1H3,(H,18,19)(H2,13,14,20). The van der Waals surface area contributed by atoms with Crippen molar-refractivity contribution in [1.29, 1.82) is 0 Å². The number of carboxylic acid groups (broad SMARTS) is 1. The molecular formula is C12H19N5O4. The summed E-state index contributed by atoms with van der Waals surface area (Å²) in [5.41, 5.74) is 0.507. The van der Waals surface area contributed by atoms with Crippen LogP contribution in [0.25, 0.3) is 0 Å². The molecule has 1 aromatic rings. The second kappa shape index (κ2) is 7.02. The third-order valence-electron chi connectivity index (χ3n) is 3.15. The summed E-state index contributed by atoms with van der Waals surface area (Å²) in [6.07, 6.45) is 3.39. The molecule has 0 unspecified atom stereocenters. The fourth-order valence-electron chi connectivity index (χ4n) is 2.10. The highest BCUT2D eigenvalue weighted by Crippen LogP contribution is 2.22. The first-order chi connectivity index (χ1) is 10.1. The second-order valence-corrected chi connectivity index (χ2v) is 4.87. The Morgan fingerprint density at radius 2 is 2.29 bits per heavy atom. The number of nitrogens with zero attached hydrogens (tertiary/aromatic N) is 3. The fourth-order valence-corrected chi connectivity index (χ4v) is 2.10. The van der Waals surface area contributed by atoms with Crippen LogP contribution in [-0.4, -0.2) is 50.9 Å². The van der Waals surface area contributed by atoms with Crippen molar-refractivity contribution < 1.29 is 19.4 Å². The molecule has 1 aliphatic carbocycles. The van der Waals surface area contributed by atoms with Gasteiger partial charge in [0.05, 0.1) is 18.8 Å². The Labute approximate surface area is 121 Å². The van der Waals surface area contributed by atoms with Gasteiger partial charge in [0.15, 0.2) is 0 Å². The van der Waals surface area contributed by atoms with Crippen LogP contribution in [0.15, 0.2) is 6.20 Å². The third-order valence-corrected chi connectivity index (χ3v) is 3.15. The number of carbonyl (C=O) groups excluding carboxylic acids is 1. The number of ether oxygens (including phenoxy) is 1. The number of urea groups is 1. The summed E-state index contributed by atoms with van der Waals surface area (Å²) >= 11 is 0. The number of aliphatic carboxylic acids is 1. The van der Waals surface area contributed by atoms with Gasteiger partial charge in [0, 0.05) is 12.6 Å². The maximum atomic E-state index is 11.7. The quantitative estimate of drug-likeness (QED) is 0.637. The Balaban J connectivity index is 1.65. The molecule has 116 valence electrons. The van der Waals surface area contributed by atoms with Crippen molar-refractivity contribution in [3.8, 4) is 0 Å². The highest BCUT2D eigenvalue weighted by Gasteiger charge is 2.30. The lowest BCUT2D eigenvalue weighted by Gasteiger charge is -2.35. The Hall–Kier alpha value is -2.16. The van der Waals surface area contributed by atoms with E-state index in [1.54, 1.807) is 0 Å². The monoisotopic (exact) mass is 297 g/mol. The van der Waals surface area contributed by atoms with Crippen LogP contribution in [0.2, 0.25) is 0 Å². The maximum absolute atomic E-state index is 11.7. The predicted molar refractivity (Wildman–Crippen MR) is 71.5 cm³/mol. The molecule has 1 aliphatic rings. The van der Waals surface area contributed by atoms with Gasteiger partial charge in [-0.15, -0.1) is 5.10 Å². The van der Waals surface area contributed by atoms with Gasteiger partial charge in [-0.2, -0.15) is 0 Å². The molecule has 3 N–H and O–H groups in total. The van der Waals surface area contributed by atoms with Gasteiger partial charge in [-0.1, -0.05) is 5.21 Å². The van der Waals surface area contributed by atoms with Gasteiger partial charge in [-0.05, 0) is 19.8 Å². The van der Waals surface area contributed by atoms with Crippen molar-refractivity contribution in [2.24, 2.45) is 0 Å². The lowest BCUT2D eigenvalue weighted by atomic mass is 9.89. The summed E-state index contributed by atoms with van der Waals surface area (Å²) in [6.45, 7) is 2.59. The van der Waals surface area contributed by atoms with Crippen LogP contribution in [0.3, 0.4) is 0 Å². The van der Waals surface area contributed by atoms with Crippen molar-refractivity contribution in [3.05, 3.63) is 11.9 Å². The molecule has 2 amide bonds. The zero-order valence-electron chi connectivity index (χ0n) is 11.8. The van der Waals surface area contributed by atoms with Crippen molar-refractivity contribution in [3.63, 3.8) is 0 Å². The minimum Gasteiger partial charge on any atom is -0.480 e. The smallest absolute Gasteiger partial charge is 0.325 e. The summed E-state index contributed by atoms with van der Waals surface area (Å²) in [6, 6.07) is -0.132. The Bertz CT molecular complexity index is 498. The van der Waals surface area contributed by atoms with Gasteiger partial charge in [0.1, 0.15) is 12.2 Å². The molecule has 2 rings (SSSR count). The van der Waals surface area contributed by atoms with E-state index in [-0.39, 0.29) is 31.3 Å². The number of hydrogen-bond donors (Lipinski definition) is 3. The number of amides is 2. The first-order valence-electron chi connectivity index (χ1n) is 6.83. The predicted octanol–water partition coefficient (Wildman–Crippen LogP) is -0.271. The molecule has 0 radical (unpaired) electrons. The lowest BCUT2D eigenvalue weighted by Crippen LogP contribution is -2.50. The second-order valence-electron chi connectivity index (χ2n) is 4.87. The minimum atomic E-state index is -0.994. The van der Waals surface area contributed by atoms with E-state index in [1.165, 1.54) is 10.9 Å². The normalized spacial score (nSPS) is 20.6. The van der Waals surface area contributed by atoms with Gasteiger partial charge in [-0.25, -0.2) is 9.48 Å². The van der Waals surface area contributed by atoms with Crippen molar-refractivity contribution in [2.75, 3.05) is 6.61 Å². The number of rotatable bonds is 7. The van der Waals surface area contributed by atoms with E-state index >= 15 is 0 Å². The minimum absolute atomic E-state index is 0.143. The molecule has 9 nitrogen and oxygen atoms in total. The van der Waals surface area contributed by atoms with Crippen LogP contribution in [0.5, 0.6) is 0 Å². The molecule has 1 heterocycles. The summed E-state index contributed by atoms with van der Waals surface area (Å²) in [5.74, 6) is -0.994. The molecular weight excluding hydrogens is 278 g/mol. The number of hydrogen-bond acceptors (Lipinski definition) is 5. The largest absolute Gasteiger partial charge is 0.480 e. The molecule has 0 atom stereocenters. The van der Waals surface area contributed by atoms with Crippen LogP contribution < -0.4 is 10.6 Å². The lowest BCUT2D eigenvalue weighted by molar-refractivity contribution is -0.137. The molecule has 0 bridgehead atoms. The van der Waals surface area contributed by atoms with Crippen LogP contribution in [0.1, 0.15) is 25.5 Å². The Kier molecular flexibility index (Phi) is 5.09. The molecule has 9 heteroatoms. The number of nitrogens with one attached hydrogen (secondary N) is 2. The summed E-state index contributed by atoms with van der Waals surface area (Å²) in [7, 11) is 0. The number of carbonyl (C=O) groups is 2. The molecule has 0 spiro atoms. The van der Waals surface area contributed by atoms with E-state index in [0.717, 1.165) is 12.8 Å². The van der Waals surface area contributed by atoms with Crippen LogP contribution in [0.4, 0.5) is 4.79 Å². The van der Waals surface area contributed by atoms with Gasteiger partial charge < -0.3 is 20.5 Å². The molecule has 1 fully saturated rings. The van der Waals surface area contributed by atoms with E-state index < -0.39 is 5.97 Å². The SMILES string of the molecule is CCOC1CC(NC(=O)NCc2cn(CC(=O)O)nn2)C1. The Morgan fingerprint density at radius 3 is 2.95 bits per heavy atom. The van der Waals surface area contributed by atoms with E-state index in [2.05, 4.69) is 20.9 Å². The van der Waals surface area contributed by atoms with Gasteiger partial charge in [0.25, 0.3) is 0 Å². The van der Waals surface area contributed by atoms with Gasteiger partial charge in [0.2, 0.25) is 0 Å². The molecule has 1 saturated carbocycles. The van der Waals surface area contributed by atoms with Gasteiger partial charge >= 0.3 is 12.0 Å². The fraction of sp³-hybridized carbons (Fsp3) is 0.667. The highest BCUT2D eigenvalue weighted by atomic mass is 16.5. The number of carboxylic acids is 1. The first kappa shape index (κ1) is 15.2. The van der Waals surface area contributed by atoms with Crippen LogP contribution >= 0.6 is 0 Å². The molecule has 0 saturated heterocycles. The molecule has 0 aromatic carbocycles. The van der Waals surface area contributed by atoms with E-state index in [9.17, 15) is 9.59 Å². The zero-order valence-corrected chi connectivity index (χ0v) is 11.8. The van der Waals surface area contributed by atoms with Crippen molar-refractivity contribution >= 4 is 12.0 Å². The van der Waals surface area contributed by atoms with E-state index in [0.29, 0.717) is 12.3 Å². The van der Waals surface area contributed by atoms with Crippen molar-refractivity contribution in [2.45, 2.75) is 45.0 Å². The molecule has 21 heavy (non-hydrogen) atoms. The van der Waals surface area contributed by atoms with Crippen LogP contribution in [0, 0.1) is 0 Å². The number of aromatic nitrogens is 3. The molecule has 0 aliphatic heterocycles. The van der Waals surface area contributed by atoms with Crippen molar-refractivity contribution in [1.82, 2.24) is 25.6 Å². The van der Waals surface area contributed by atoms with Gasteiger partial charge in [-0.3, -0.25) is 4.79 Å². The summed E-state index contributed by atoms with van der Waals surface area (Å²) in [4.78, 5) is 22.2. The van der Waals surface area contributed by atoms with E-state index in [4.69, 9.17) is 9.84 Å².